The Labute approximate surface area is 150 Å². The van der Waals surface area contributed by atoms with E-state index >= 15 is 0 Å². The number of nitrogens with one attached hydrogen (secondary N) is 1. The van der Waals surface area contributed by atoms with Crippen LogP contribution in [0.4, 0.5) is 11.6 Å². The van der Waals surface area contributed by atoms with Crippen molar-refractivity contribution in [3.05, 3.63) is 47.3 Å². The summed E-state index contributed by atoms with van der Waals surface area (Å²) in [5, 5.41) is 12.6. The van der Waals surface area contributed by atoms with Crippen molar-refractivity contribution in [2.24, 2.45) is 0 Å². The molecule has 0 unspecified atom stereocenters. The maximum absolute atomic E-state index is 9.33. The van der Waals surface area contributed by atoms with Gasteiger partial charge in [0, 0.05) is 30.6 Å². The molecule has 2 atom stereocenters. The van der Waals surface area contributed by atoms with Gasteiger partial charge in [0.25, 0.3) is 0 Å². The third-order valence-corrected chi connectivity index (χ3v) is 4.72. The highest BCUT2D eigenvalue weighted by atomic mass is 16.3. The monoisotopic (exact) mass is 340 g/mol. The van der Waals surface area contributed by atoms with Gasteiger partial charge in [-0.05, 0) is 31.4 Å². The van der Waals surface area contributed by atoms with E-state index in [2.05, 4.69) is 60.2 Å². The number of benzene rings is 1. The van der Waals surface area contributed by atoms with E-state index in [4.69, 9.17) is 4.98 Å². The zero-order valence-corrected chi connectivity index (χ0v) is 15.5. The van der Waals surface area contributed by atoms with Gasteiger partial charge in [0.1, 0.15) is 17.5 Å². The van der Waals surface area contributed by atoms with E-state index < -0.39 is 0 Å². The molecule has 0 fully saturated rings. The number of hydrogen-bond donors (Lipinski definition) is 2. The molecule has 0 aliphatic carbocycles. The molecule has 2 aromatic rings. The highest BCUT2D eigenvalue weighted by Crippen LogP contribution is 2.29. The number of fused-ring (bicyclic) bond motifs is 1. The molecule has 0 saturated carbocycles. The van der Waals surface area contributed by atoms with E-state index in [1.807, 2.05) is 13.0 Å². The highest BCUT2D eigenvalue weighted by molar-refractivity contribution is 5.53. The minimum Gasteiger partial charge on any atom is -0.394 e. The van der Waals surface area contributed by atoms with Gasteiger partial charge >= 0.3 is 0 Å². The van der Waals surface area contributed by atoms with Crippen molar-refractivity contribution in [2.45, 2.75) is 58.7 Å². The lowest BCUT2D eigenvalue weighted by Gasteiger charge is -2.36. The topological polar surface area (TPSA) is 61.3 Å². The lowest BCUT2D eigenvalue weighted by Crippen LogP contribution is -2.39. The summed E-state index contributed by atoms with van der Waals surface area (Å²) in [5.74, 6) is 2.81. The number of aliphatic hydroxyl groups is 1. The second kappa shape index (κ2) is 7.40. The molecule has 5 heteroatoms. The number of nitrogens with zero attached hydrogens (tertiary/aromatic N) is 3. The predicted molar refractivity (Wildman–Crippen MR) is 102 cm³/mol. The molecule has 134 valence electrons. The Kier molecular flexibility index (Phi) is 5.23. The van der Waals surface area contributed by atoms with Gasteiger partial charge in [-0.3, -0.25) is 0 Å². The van der Waals surface area contributed by atoms with Gasteiger partial charge in [-0.1, -0.05) is 38.1 Å². The minimum atomic E-state index is -0.0396. The molecule has 2 heterocycles. The van der Waals surface area contributed by atoms with E-state index in [1.165, 1.54) is 11.1 Å². The van der Waals surface area contributed by atoms with Gasteiger partial charge < -0.3 is 15.3 Å². The third kappa shape index (κ3) is 3.93. The molecule has 1 aromatic heterocycles. The summed E-state index contributed by atoms with van der Waals surface area (Å²) in [6.07, 6.45) is 1.02. The molecule has 1 aliphatic rings. The van der Waals surface area contributed by atoms with Gasteiger partial charge in [0.15, 0.2) is 0 Å². The van der Waals surface area contributed by atoms with Crippen LogP contribution in [-0.4, -0.2) is 33.8 Å². The van der Waals surface area contributed by atoms with Crippen LogP contribution in [0.2, 0.25) is 0 Å². The summed E-state index contributed by atoms with van der Waals surface area (Å²) < 4.78 is 0. The van der Waals surface area contributed by atoms with Crippen LogP contribution in [0, 0.1) is 0 Å². The van der Waals surface area contributed by atoms with Crippen LogP contribution in [0.5, 0.6) is 0 Å². The number of aromatic nitrogens is 2. The van der Waals surface area contributed by atoms with Gasteiger partial charge in [0.2, 0.25) is 0 Å². The Morgan fingerprint density at radius 1 is 1.20 bits per heavy atom. The Balaban J connectivity index is 1.95. The standard InChI is InChI=1S/C20H28N4O/c1-13(2)20-22-18(21-14(3)12-25)10-19(23-20)24-11-17-8-6-5-7-16(17)9-15(24)4/h5-8,10,13-15,25H,9,11-12H2,1-4H3,(H,21,22,23)/t14-,15-/m1/s1. The molecular formula is C20H28N4O. The Hall–Kier alpha value is -2.14. The summed E-state index contributed by atoms with van der Waals surface area (Å²) in [7, 11) is 0. The highest BCUT2D eigenvalue weighted by Gasteiger charge is 2.25. The fourth-order valence-corrected chi connectivity index (χ4v) is 3.22. The van der Waals surface area contributed by atoms with Gasteiger partial charge in [-0.25, -0.2) is 9.97 Å². The van der Waals surface area contributed by atoms with Crippen molar-refractivity contribution >= 4 is 11.6 Å². The molecule has 0 saturated heterocycles. The van der Waals surface area contributed by atoms with Crippen molar-refractivity contribution in [1.82, 2.24) is 9.97 Å². The summed E-state index contributed by atoms with van der Waals surface area (Å²) in [4.78, 5) is 11.8. The number of anilines is 2. The zero-order chi connectivity index (χ0) is 18.0. The van der Waals surface area contributed by atoms with Gasteiger partial charge in [0.05, 0.1) is 6.61 Å². The van der Waals surface area contributed by atoms with Crippen molar-refractivity contribution in [1.29, 1.82) is 0 Å². The van der Waals surface area contributed by atoms with Crippen LogP contribution in [0.25, 0.3) is 0 Å². The Morgan fingerprint density at radius 3 is 2.60 bits per heavy atom. The lowest BCUT2D eigenvalue weighted by molar-refractivity contribution is 0.281. The molecule has 3 rings (SSSR count). The van der Waals surface area contributed by atoms with E-state index in [-0.39, 0.29) is 18.6 Å². The van der Waals surface area contributed by atoms with Crippen LogP contribution < -0.4 is 10.2 Å². The molecule has 2 N–H and O–H groups in total. The second-order valence-electron chi connectivity index (χ2n) is 7.30. The SMILES string of the molecule is CC(C)c1nc(N[C@H](C)CO)cc(N2Cc3ccccc3C[C@H]2C)n1. The van der Waals surface area contributed by atoms with E-state index in [0.29, 0.717) is 6.04 Å². The first-order valence-electron chi connectivity index (χ1n) is 9.07. The first-order chi connectivity index (χ1) is 12.0. The minimum absolute atomic E-state index is 0.0396. The molecule has 0 bridgehead atoms. The van der Waals surface area contributed by atoms with E-state index in [9.17, 15) is 5.11 Å². The lowest BCUT2D eigenvalue weighted by atomic mass is 9.95. The summed E-state index contributed by atoms with van der Waals surface area (Å²) in [6, 6.07) is 11.0. The molecule has 25 heavy (non-hydrogen) atoms. The largest absolute Gasteiger partial charge is 0.394 e. The maximum Gasteiger partial charge on any atom is 0.135 e. The van der Waals surface area contributed by atoms with Crippen LogP contribution in [-0.2, 0) is 13.0 Å². The molecule has 1 aliphatic heterocycles. The van der Waals surface area contributed by atoms with Crippen molar-refractivity contribution in [3.8, 4) is 0 Å². The third-order valence-electron chi connectivity index (χ3n) is 4.72. The Bertz CT molecular complexity index is 731. The average molecular weight is 340 g/mol. The van der Waals surface area contributed by atoms with Gasteiger partial charge in [-0.15, -0.1) is 0 Å². The van der Waals surface area contributed by atoms with Crippen molar-refractivity contribution in [3.63, 3.8) is 0 Å². The fourth-order valence-electron chi connectivity index (χ4n) is 3.22. The second-order valence-corrected chi connectivity index (χ2v) is 7.30. The first kappa shape index (κ1) is 17.7. The van der Waals surface area contributed by atoms with Crippen molar-refractivity contribution < 1.29 is 5.11 Å². The molecular weight excluding hydrogens is 312 g/mol. The van der Waals surface area contributed by atoms with Gasteiger partial charge in [-0.2, -0.15) is 0 Å². The summed E-state index contributed by atoms with van der Waals surface area (Å²) in [6.45, 7) is 9.33. The zero-order valence-electron chi connectivity index (χ0n) is 15.5. The normalized spacial score (nSPS) is 18.2. The summed E-state index contributed by atoms with van der Waals surface area (Å²) >= 11 is 0. The Morgan fingerprint density at radius 2 is 1.92 bits per heavy atom. The smallest absolute Gasteiger partial charge is 0.135 e. The molecule has 0 radical (unpaired) electrons. The number of aliphatic hydroxyl groups excluding tert-OH is 1. The van der Waals surface area contributed by atoms with E-state index in [0.717, 1.165) is 30.4 Å². The van der Waals surface area contributed by atoms with Crippen LogP contribution in [0.1, 0.15) is 50.6 Å². The van der Waals surface area contributed by atoms with Crippen LogP contribution in [0.15, 0.2) is 30.3 Å². The van der Waals surface area contributed by atoms with Crippen LogP contribution in [0.3, 0.4) is 0 Å². The molecule has 0 spiro atoms. The molecule has 1 aromatic carbocycles. The maximum atomic E-state index is 9.33. The number of rotatable bonds is 5. The first-order valence-corrected chi connectivity index (χ1v) is 9.07. The summed E-state index contributed by atoms with van der Waals surface area (Å²) in [5.41, 5.74) is 2.79. The quantitative estimate of drug-likeness (QED) is 0.874. The van der Waals surface area contributed by atoms with Crippen molar-refractivity contribution in [2.75, 3.05) is 16.8 Å². The predicted octanol–water partition coefficient (Wildman–Crippen LogP) is 3.34. The number of hydrogen-bond acceptors (Lipinski definition) is 5. The molecule has 0 amide bonds. The van der Waals surface area contributed by atoms with Crippen LogP contribution >= 0.6 is 0 Å². The molecule has 5 nitrogen and oxygen atoms in total. The average Bonchev–Trinajstić information content (AvgIpc) is 2.60. The van der Waals surface area contributed by atoms with E-state index in [1.54, 1.807) is 0 Å². The fraction of sp³-hybridized carbons (Fsp3) is 0.500.